The minimum atomic E-state index is -0.976. The van der Waals surface area contributed by atoms with Crippen molar-refractivity contribution < 1.29 is 14.3 Å². The van der Waals surface area contributed by atoms with Gasteiger partial charge in [0.2, 0.25) is 0 Å². The van der Waals surface area contributed by atoms with Gasteiger partial charge >= 0.3 is 5.97 Å². The number of rotatable bonds is 2. The predicted molar refractivity (Wildman–Crippen MR) is 117 cm³/mol. The number of esters is 1. The molecule has 2 aromatic carbocycles. The molecular weight excluding hydrogens is 378 g/mol. The number of anilines is 2. The van der Waals surface area contributed by atoms with Crippen molar-refractivity contribution in [2.45, 2.75) is 11.7 Å². The van der Waals surface area contributed by atoms with E-state index >= 15 is 0 Å². The molecule has 0 saturated carbocycles. The molecule has 154 valence electrons. The Morgan fingerprint density at radius 1 is 1.00 bits per heavy atom. The maximum absolute atomic E-state index is 12.9. The van der Waals surface area contributed by atoms with Gasteiger partial charge in [0.15, 0.2) is 5.60 Å². The highest BCUT2D eigenvalue weighted by atomic mass is 16.6. The molecule has 2 aromatic rings. The fourth-order valence-electron chi connectivity index (χ4n) is 4.68. The Labute approximate surface area is 176 Å². The highest BCUT2D eigenvalue weighted by Crippen LogP contribution is 2.56. The molecule has 6 nitrogen and oxygen atoms in total. The molecule has 3 atom stereocenters. The zero-order chi connectivity index (χ0) is 21.2. The zero-order valence-electron chi connectivity index (χ0n) is 17.5. The summed E-state index contributed by atoms with van der Waals surface area (Å²) in [5, 5.41) is 0. The summed E-state index contributed by atoms with van der Waals surface area (Å²) in [7, 11) is 7.97. The van der Waals surface area contributed by atoms with Crippen LogP contribution in [0.15, 0.2) is 60.3 Å². The Balaban J connectivity index is 1.78. The number of allylic oxidation sites excluding steroid dienone is 1. The van der Waals surface area contributed by atoms with E-state index in [9.17, 15) is 4.79 Å². The van der Waals surface area contributed by atoms with E-state index in [0.717, 1.165) is 28.3 Å². The minimum absolute atomic E-state index is 0.203. The molecule has 0 aromatic heterocycles. The van der Waals surface area contributed by atoms with Crippen LogP contribution in [0.4, 0.5) is 11.4 Å². The molecule has 0 fully saturated rings. The Kier molecular flexibility index (Phi) is 3.90. The standard InChI is InChI=1S/C24H25N3O3/c1-26(2)15-6-9-18-21(12-15)29-22-13-16(27(3)4)7-10-19(22)24(18)20-11-14(25)5-8-17(20)23(28)30-24/h5-13,18,21H,25H2,1-4H3/t18-,21+,24+/m1/s1. The van der Waals surface area contributed by atoms with Crippen molar-refractivity contribution >= 4 is 17.3 Å². The van der Waals surface area contributed by atoms with Crippen LogP contribution in [-0.4, -0.2) is 45.2 Å². The molecule has 6 heteroatoms. The second-order valence-corrected chi connectivity index (χ2v) is 8.46. The average Bonchev–Trinajstić information content (AvgIpc) is 2.99. The molecular formula is C24H25N3O3. The van der Waals surface area contributed by atoms with E-state index in [0.29, 0.717) is 11.3 Å². The fourth-order valence-corrected chi connectivity index (χ4v) is 4.68. The maximum atomic E-state index is 12.9. The van der Waals surface area contributed by atoms with Crippen LogP contribution in [0.1, 0.15) is 21.5 Å². The van der Waals surface area contributed by atoms with Gasteiger partial charge in [-0.3, -0.25) is 0 Å². The highest BCUT2D eigenvalue weighted by molar-refractivity contribution is 5.96. The third kappa shape index (κ3) is 2.46. The molecule has 2 heterocycles. The van der Waals surface area contributed by atoms with E-state index in [4.69, 9.17) is 15.2 Å². The van der Waals surface area contributed by atoms with Gasteiger partial charge in [-0.05, 0) is 42.5 Å². The van der Waals surface area contributed by atoms with E-state index in [1.165, 1.54) is 0 Å². The van der Waals surface area contributed by atoms with Gasteiger partial charge in [0.05, 0.1) is 11.5 Å². The van der Waals surface area contributed by atoms with Crippen molar-refractivity contribution in [2.75, 3.05) is 38.8 Å². The van der Waals surface area contributed by atoms with Gasteiger partial charge in [-0.25, -0.2) is 4.79 Å². The third-order valence-electron chi connectivity index (χ3n) is 6.21. The summed E-state index contributed by atoms with van der Waals surface area (Å²) in [5.74, 6) is 0.185. The van der Waals surface area contributed by atoms with Gasteiger partial charge in [-0.15, -0.1) is 0 Å². The lowest BCUT2D eigenvalue weighted by molar-refractivity contribution is -0.0420. The van der Waals surface area contributed by atoms with Crippen molar-refractivity contribution in [1.29, 1.82) is 0 Å². The Morgan fingerprint density at radius 3 is 2.53 bits per heavy atom. The lowest BCUT2D eigenvalue weighted by atomic mass is 9.70. The molecule has 3 aliphatic rings. The molecule has 0 radical (unpaired) electrons. The number of fused-ring (bicyclic) bond motifs is 6. The number of nitrogens with zero attached hydrogens (tertiary/aromatic N) is 2. The van der Waals surface area contributed by atoms with Gasteiger partial charge in [0, 0.05) is 62.5 Å². The van der Waals surface area contributed by atoms with Crippen LogP contribution < -0.4 is 15.4 Å². The van der Waals surface area contributed by atoms with Crippen LogP contribution in [0.25, 0.3) is 0 Å². The second kappa shape index (κ2) is 6.29. The first-order valence-corrected chi connectivity index (χ1v) is 10.0. The molecule has 1 spiro atoms. The largest absolute Gasteiger partial charge is 0.485 e. The quantitative estimate of drug-likeness (QED) is 0.614. The first kappa shape index (κ1) is 18.6. The number of carbonyl (C=O) groups is 1. The minimum Gasteiger partial charge on any atom is -0.485 e. The normalized spacial score (nSPS) is 25.6. The lowest BCUT2D eigenvalue weighted by Gasteiger charge is -2.45. The predicted octanol–water partition coefficient (Wildman–Crippen LogP) is 3.14. The van der Waals surface area contributed by atoms with Gasteiger partial charge in [-0.1, -0.05) is 6.08 Å². The van der Waals surface area contributed by atoms with E-state index in [-0.39, 0.29) is 18.0 Å². The molecule has 2 aliphatic heterocycles. The van der Waals surface area contributed by atoms with Crippen molar-refractivity contribution in [2.24, 2.45) is 5.92 Å². The number of benzene rings is 2. The molecule has 30 heavy (non-hydrogen) atoms. The van der Waals surface area contributed by atoms with Crippen LogP contribution in [0, 0.1) is 5.92 Å². The molecule has 1 aliphatic carbocycles. The first-order chi connectivity index (χ1) is 14.3. The SMILES string of the molecule is CN(C)C1=C[C@@H]2Oc3cc(N(C)C)ccc3[C@@]3(OC(=O)c4ccc(N)cc43)[C@@H]2C=C1. The maximum Gasteiger partial charge on any atom is 0.339 e. The zero-order valence-corrected chi connectivity index (χ0v) is 17.5. The highest BCUT2D eigenvalue weighted by Gasteiger charge is 2.58. The second-order valence-electron chi connectivity index (χ2n) is 8.46. The number of carbonyl (C=O) groups excluding carboxylic acids is 1. The molecule has 2 N–H and O–H groups in total. The Bertz CT molecular complexity index is 1120. The third-order valence-corrected chi connectivity index (χ3v) is 6.21. The number of hydrogen-bond acceptors (Lipinski definition) is 6. The molecule has 0 amide bonds. The van der Waals surface area contributed by atoms with Gasteiger partial charge in [-0.2, -0.15) is 0 Å². The van der Waals surface area contributed by atoms with E-state index in [2.05, 4.69) is 18.2 Å². The van der Waals surface area contributed by atoms with Crippen molar-refractivity contribution in [3.63, 3.8) is 0 Å². The number of ether oxygens (including phenoxy) is 2. The average molecular weight is 403 g/mol. The van der Waals surface area contributed by atoms with E-state index in [1.54, 1.807) is 12.1 Å². The summed E-state index contributed by atoms with van der Waals surface area (Å²) in [6.07, 6.45) is 5.96. The van der Waals surface area contributed by atoms with Crippen molar-refractivity contribution in [3.05, 3.63) is 77.0 Å². The number of nitrogen functional groups attached to an aromatic ring is 1. The summed E-state index contributed by atoms with van der Waals surface area (Å²) < 4.78 is 12.7. The number of likely N-dealkylation sites (N-methyl/N-ethyl adjacent to an activating group) is 1. The Hall–Kier alpha value is -3.41. The smallest absolute Gasteiger partial charge is 0.339 e. The molecule has 0 unspecified atom stereocenters. The summed E-state index contributed by atoms with van der Waals surface area (Å²) >= 11 is 0. The number of nitrogens with two attached hydrogens (primary N) is 1. The topological polar surface area (TPSA) is 68.0 Å². The summed E-state index contributed by atoms with van der Waals surface area (Å²) in [6, 6.07) is 11.4. The van der Waals surface area contributed by atoms with Gasteiger partial charge in [0.1, 0.15) is 11.9 Å². The molecule has 5 rings (SSSR count). The van der Waals surface area contributed by atoms with E-state index < -0.39 is 5.60 Å². The molecule has 0 bridgehead atoms. The summed E-state index contributed by atoms with van der Waals surface area (Å²) in [6.45, 7) is 0. The van der Waals surface area contributed by atoms with Crippen LogP contribution in [-0.2, 0) is 10.3 Å². The van der Waals surface area contributed by atoms with E-state index in [1.807, 2.05) is 62.3 Å². The van der Waals surface area contributed by atoms with Gasteiger partial charge < -0.3 is 25.0 Å². The lowest BCUT2D eigenvalue weighted by Crippen LogP contribution is -2.48. The summed E-state index contributed by atoms with van der Waals surface area (Å²) in [4.78, 5) is 17.0. The first-order valence-electron chi connectivity index (χ1n) is 10.0. The van der Waals surface area contributed by atoms with Crippen molar-refractivity contribution in [3.8, 4) is 5.75 Å². The van der Waals surface area contributed by atoms with Crippen LogP contribution >= 0.6 is 0 Å². The monoisotopic (exact) mass is 403 g/mol. The Morgan fingerprint density at radius 2 is 1.80 bits per heavy atom. The van der Waals surface area contributed by atoms with Crippen LogP contribution in [0.5, 0.6) is 5.75 Å². The number of hydrogen-bond donors (Lipinski definition) is 1. The summed E-state index contributed by atoms with van der Waals surface area (Å²) in [5.41, 5.74) is 10.0. The molecule has 0 saturated heterocycles. The fraction of sp³-hybridized carbons (Fsp3) is 0.292. The van der Waals surface area contributed by atoms with Crippen molar-refractivity contribution in [1.82, 2.24) is 4.90 Å². The van der Waals surface area contributed by atoms with Gasteiger partial charge in [0.25, 0.3) is 0 Å². The van der Waals surface area contributed by atoms with Crippen LogP contribution in [0.2, 0.25) is 0 Å². The van der Waals surface area contributed by atoms with Crippen LogP contribution in [0.3, 0.4) is 0 Å².